The number of amidine groups is 1. The molecule has 2 unspecified atom stereocenters. The highest BCUT2D eigenvalue weighted by Gasteiger charge is 2.49. The zero-order chi connectivity index (χ0) is 26.3. The van der Waals surface area contributed by atoms with E-state index in [9.17, 15) is 19.7 Å². The number of nitrogens with one attached hydrogen (secondary N) is 1. The van der Waals surface area contributed by atoms with Crippen LogP contribution in [0.15, 0.2) is 76.8 Å². The summed E-state index contributed by atoms with van der Waals surface area (Å²) < 4.78 is 0. The highest BCUT2D eigenvalue weighted by molar-refractivity contribution is 8.29. The Morgan fingerprint density at radius 1 is 1.00 bits per heavy atom. The van der Waals surface area contributed by atoms with Gasteiger partial charge in [-0.1, -0.05) is 41.9 Å². The Bertz CT molecular complexity index is 1490. The number of benzene rings is 3. The number of nitrogens with zero attached hydrogens (tertiary/aromatic N) is 4. The Kier molecular flexibility index (Phi) is 6.53. The van der Waals surface area contributed by atoms with Gasteiger partial charge in [0.1, 0.15) is 12.1 Å². The predicted molar refractivity (Wildman–Crippen MR) is 144 cm³/mol. The van der Waals surface area contributed by atoms with Crippen LogP contribution in [0.25, 0.3) is 0 Å². The highest BCUT2D eigenvalue weighted by Crippen LogP contribution is 2.42. The summed E-state index contributed by atoms with van der Waals surface area (Å²) in [5.74, 6) is -0.696. The maximum Gasteiger partial charge on any atom is 0.288 e. The summed E-state index contributed by atoms with van der Waals surface area (Å²) in [4.78, 5) is 43.7. The fourth-order valence-corrected chi connectivity index (χ4v) is 5.13. The molecule has 2 aliphatic rings. The molecule has 186 valence electrons. The van der Waals surface area contributed by atoms with Crippen LogP contribution in [0.5, 0.6) is 0 Å². The van der Waals surface area contributed by atoms with Crippen molar-refractivity contribution in [2.45, 2.75) is 25.9 Å². The van der Waals surface area contributed by atoms with Gasteiger partial charge in [0.15, 0.2) is 16.0 Å². The number of halogens is 1. The van der Waals surface area contributed by atoms with Gasteiger partial charge in [-0.15, -0.1) is 0 Å². The van der Waals surface area contributed by atoms with Crippen LogP contribution in [0.3, 0.4) is 0 Å². The molecule has 1 amide bonds. The number of amides is 1. The van der Waals surface area contributed by atoms with Gasteiger partial charge in [-0.3, -0.25) is 30.0 Å². The molecule has 9 nitrogen and oxygen atoms in total. The number of thioether (sulfide) groups is 1. The van der Waals surface area contributed by atoms with Gasteiger partial charge < -0.3 is 0 Å². The number of carbonyl (C=O) groups excluding carboxylic acids is 2. The minimum Gasteiger partial charge on any atom is -0.294 e. The number of ketones is 1. The molecule has 2 heterocycles. The van der Waals surface area contributed by atoms with Crippen LogP contribution in [0.1, 0.15) is 34.3 Å². The first-order valence-corrected chi connectivity index (χ1v) is 12.5. The van der Waals surface area contributed by atoms with Crippen molar-refractivity contribution in [1.82, 2.24) is 4.90 Å². The number of hydrogen-bond donors (Lipinski definition) is 1. The molecular weight excluding hydrogens is 514 g/mol. The standard InChI is InChI=1S/C26H20ClN5O4S/c1-14-3-4-17(13-15(14)2)21-23(33)22(16-5-7-18(27)8-6-16)31-25(34)24(37-26(31)28-21)30-29-19-9-11-20(12-10-19)32(35)36/h3-13,21-22,29H,1-2H3/b30-24-. The van der Waals surface area contributed by atoms with Crippen molar-refractivity contribution in [3.8, 4) is 0 Å². The molecule has 0 saturated carbocycles. The summed E-state index contributed by atoms with van der Waals surface area (Å²) in [7, 11) is 0. The maximum atomic E-state index is 13.8. The van der Waals surface area contributed by atoms with E-state index in [1.807, 2.05) is 32.0 Å². The molecule has 1 N–H and O–H groups in total. The topological polar surface area (TPSA) is 117 Å². The van der Waals surface area contributed by atoms with E-state index in [1.165, 1.54) is 29.2 Å². The van der Waals surface area contributed by atoms with Crippen LogP contribution in [0.2, 0.25) is 5.02 Å². The number of Topliss-reactive ketones (excluding diaryl/α,β-unsaturated/α-hetero) is 1. The lowest BCUT2D eigenvalue weighted by atomic mass is 9.90. The first kappa shape index (κ1) is 24.7. The molecule has 37 heavy (non-hydrogen) atoms. The third-order valence-electron chi connectivity index (χ3n) is 6.23. The molecule has 3 aromatic rings. The number of hydrazone groups is 1. The second-order valence-corrected chi connectivity index (χ2v) is 10.0. The van der Waals surface area contributed by atoms with Crippen molar-refractivity contribution in [3.63, 3.8) is 0 Å². The average molecular weight is 534 g/mol. The summed E-state index contributed by atoms with van der Waals surface area (Å²) in [5, 5.41) is 16.1. The zero-order valence-corrected chi connectivity index (χ0v) is 21.3. The molecule has 0 aromatic heterocycles. The Hall–Kier alpha value is -4.02. The second-order valence-electron chi connectivity index (χ2n) is 8.62. The van der Waals surface area contributed by atoms with Crippen LogP contribution >= 0.6 is 23.4 Å². The third kappa shape index (κ3) is 4.73. The normalized spacial score (nSPS) is 20.1. The fourth-order valence-electron chi connectivity index (χ4n) is 4.11. The fraction of sp³-hybridized carbons (Fsp3) is 0.154. The minimum absolute atomic E-state index is 0.0577. The van der Waals surface area contributed by atoms with Crippen molar-refractivity contribution in [1.29, 1.82) is 0 Å². The Labute approximate surface area is 221 Å². The first-order valence-electron chi connectivity index (χ1n) is 11.3. The molecule has 1 fully saturated rings. The number of carbonyl (C=O) groups is 2. The number of nitro benzene ring substituents is 1. The SMILES string of the molecule is Cc1ccc(C2N=C3S/C(=N\Nc4ccc([N+](=O)[O-])cc4)C(=O)N3C(c3ccc(Cl)cc3)C2=O)cc1C. The molecule has 2 atom stereocenters. The van der Waals surface area contributed by atoms with Crippen molar-refractivity contribution in [2.75, 3.05) is 5.43 Å². The van der Waals surface area contributed by atoms with Crippen LogP contribution in [-0.2, 0) is 9.59 Å². The van der Waals surface area contributed by atoms with Gasteiger partial charge >= 0.3 is 0 Å². The van der Waals surface area contributed by atoms with E-state index in [-0.39, 0.29) is 16.5 Å². The number of rotatable bonds is 5. The van der Waals surface area contributed by atoms with Crippen molar-refractivity contribution < 1.29 is 14.5 Å². The van der Waals surface area contributed by atoms with E-state index in [1.54, 1.807) is 24.3 Å². The minimum atomic E-state index is -0.900. The van der Waals surface area contributed by atoms with E-state index in [4.69, 9.17) is 11.6 Å². The van der Waals surface area contributed by atoms with E-state index >= 15 is 0 Å². The average Bonchev–Trinajstić information content (AvgIpc) is 3.20. The van der Waals surface area contributed by atoms with E-state index in [2.05, 4.69) is 15.5 Å². The number of hydrogen-bond acceptors (Lipinski definition) is 8. The Morgan fingerprint density at radius 2 is 1.68 bits per heavy atom. The molecule has 11 heteroatoms. The summed E-state index contributed by atoms with van der Waals surface area (Å²) in [6, 6.07) is 16.6. The number of aryl methyl sites for hydroxylation is 2. The molecule has 3 aromatic carbocycles. The number of aliphatic imine (C=N–C) groups is 1. The lowest BCUT2D eigenvalue weighted by Crippen LogP contribution is -2.44. The van der Waals surface area contributed by atoms with Crippen molar-refractivity contribution >= 4 is 56.6 Å². The second kappa shape index (κ2) is 9.79. The molecule has 0 aliphatic carbocycles. The van der Waals surface area contributed by atoms with Crippen LogP contribution < -0.4 is 5.43 Å². The molecule has 0 spiro atoms. The Morgan fingerprint density at radius 3 is 2.32 bits per heavy atom. The number of non-ortho nitro benzene ring substituents is 1. The van der Waals surface area contributed by atoms with Crippen LogP contribution in [0, 0.1) is 24.0 Å². The zero-order valence-electron chi connectivity index (χ0n) is 19.7. The summed E-state index contributed by atoms with van der Waals surface area (Å²) in [6.07, 6.45) is 0. The molecule has 0 radical (unpaired) electrons. The van der Waals surface area contributed by atoms with Gasteiger partial charge in [0, 0.05) is 17.2 Å². The number of anilines is 1. The van der Waals surface area contributed by atoms with Gasteiger partial charge in [0.25, 0.3) is 11.6 Å². The lowest BCUT2D eigenvalue weighted by molar-refractivity contribution is -0.384. The monoisotopic (exact) mass is 533 g/mol. The van der Waals surface area contributed by atoms with Crippen molar-refractivity contribution in [2.24, 2.45) is 10.1 Å². The summed E-state index contributed by atoms with van der Waals surface area (Å²) in [6.45, 7) is 3.98. The molecule has 1 saturated heterocycles. The van der Waals surface area contributed by atoms with E-state index < -0.39 is 22.9 Å². The molecule has 2 aliphatic heterocycles. The van der Waals surface area contributed by atoms with E-state index in [0.29, 0.717) is 21.4 Å². The third-order valence-corrected chi connectivity index (χ3v) is 7.43. The van der Waals surface area contributed by atoms with Gasteiger partial charge in [-0.25, -0.2) is 4.99 Å². The number of fused-ring (bicyclic) bond motifs is 1. The van der Waals surface area contributed by atoms with Gasteiger partial charge in [0.05, 0.1) is 10.6 Å². The maximum absolute atomic E-state index is 13.8. The van der Waals surface area contributed by atoms with Gasteiger partial charge in [-0.05, 0) is 72.1 Å². The summed E-state index contributed by atoms with van der Waals surface area (Å²) in [5.41, 5.74) is 6.69. The van der Waals surface area contributed by atoms with Gasteiger partial charge in [-0.2, -0.15) is 5.10 Å². The Balaban J connectivity index is 1.52. The lowest BCUT2D eigenvalue weighted by Gasteiger charge is -2.33. The van der Waals surface area contributed by atoms with Crippen molar-refractivity contribution in [3.05, 3.63) is 104 Å². The molecule has 5 rings (SSSR count). The molecular formula is C26H20ClN5O4S. The number of nitro groups is 1. The summed E-state index contributed by atoms with van der Waals surface area (Å²) >= 11 is 7.14. The van der Waals surface area contributed by atoms with Gasteiger partial charge in [0.2, 0.25) is 0 Å². The first-order chi connectivity index (χ1) is 17.7. The predicted octanol–water partition coefficient (Wildman–Crippen LogP) is 5.59. The highest BCUT2D eigenvalue weighted by atomic mass is 35.5. The van der Waals surface area contributed by atoms with Crippen LogP contribution in [-0.4, -0.2) is 31.7 Å². The van der Waals surface area contributed by atoms with Crippen LogP contribution in [0.4, 0.5) is 11.4 Å². The molecule has 0 bridgehead atoms. The largest absolute Gasteiger partial charge is 0.294 e. The smallest absolute Gasteiger partial charge is 0.288 e. The van der Waals surface area contributed by atoms with E-state index in [0.717, 1.165) is 28.5 Å². The quantitative estimate of drug-likeness (QED) is 0.337.